The zero-order valence-electron chi connectivity index (χ0n) is 6.48. The molecule has 0 nitrogen and oxygen atoms in total. The van der Waals surface area contributed by atoms with Gasteiger partial charge in [-0.05, 0) is 0 Å². The summed E-state index contributed by atoms with van der Waals surface area (Å²) in [6.07, 6.45) is -17.2. The first-order chi connectivity index (χ1) is 6.34. The van der Waals surface area contributed by atoms with Crippen molar-refractivity contribution in [3.63, 3.8) is 0 Å². The zero-order chi connectivity index (χ0) is 12.5. The fourth-order valence-corrected chi connectivity index (χ4v) is 0.503. The van der Waals surface area contributed by atoms with Gasteiger partial charge in [0.15, 0.2) is 0 Å². The Kier molecular flexibility index (Phi) is 3.55. The van der Waals surface area contributed by atoms with E-state index in [1.54, 1.807) is 0 Å². The molecule has 0 aromatic heterocycles. The molecule has 0 rings (SSSR count). The van der Waals surface area contributed by atoms with Crippen molar-refractivity contribution in [3.8, 4) is 11.8 Å². The summed E-state index contributed by atoms with van der Waals surface area (Å²) >= 11 is 0. The Morgan fingerprint density at radius 1 is 0.667 bits per heavy atom. The van der Waals surface area contributed by atoms with Crippen molar-refractivity contribution < 1.29 is 39.5 Å². The standard InChI is InChI=1S/C6HF9/c7-4(8,9)2-1-3(5(10,11)12)6(13,14)15/h3H. The molecule has 0 saturated carbocycles. The van der Waals surface area contributed by atoms with Gasteiger partial charge in [0.25, 0.3) is 0 Å². The SMILES string of the molecule is FC(F)(F)C#CC(C(F)(F)F)C(F)(F)F. The number of hydrogen-bond donors (Lipinski definition) is 0. The number of alkyl halides is 9. The highest BCUT2D eigenvalue weighted by Crippen LogP contribution is 2.38. The van der Waals surface area contributed by atoms with Crippen LogP contribution in [0, 0.1) is 17.8 Å². The summed E-state index contributed by atoms with van der Waals surface area (Å²) < 4.78 is 103. The third kappa shape index (κ3) is 5.39. The first kappa shape index (κ1) is 13.9. The van der Waals surface area contributed by atoms with Gasteiger partial charge in [0.1, 0.15) is 0 Å². The van der Waals surface area contributed by atoms with Crippen LogP contribution < -0.4 is 0 Å². The van der Waals surface area contributed by atoms with Gasteiger partial charge in [0, 0.05) is 5.92 Å². The van der Waals surface area contributed by atoms with Crippen molar-refractivity contribution in [3.05, 3.63) is 0 Å². The maximum atomic E-state index is 11.6. The molecule has 0 aliphatic carbocycles. The lowest BCUT2D eigenvalue weighted by atomic mass is 10.1. The van der Waals surface area contributed by atoms with Crippen LogP contribution in [0.5, 0.6) is 0 Å². The minimum Gasteiger partial charge on any atom is -0.169 e. The molecule has 9 heteroatoms. The van der Waals surface area contributed by atoms with Crippen molar-refractivity contribution in [1.29, 1.82) is 0 Å². The molecule has 0 fully saturated rings. The van der Waals surface area contributed by atoms with Gasteiger partial charge >= 0.3 is 18.5 Å². The fraction of sp³-hybridized carbons (Fsp3) is 0.667. The highest BCUT2D eigenvalue weighted by atomic mass is 19.4. The first-order valence-electron chi connectivity index (χ1n) is 3.07. The van der Waals surface area contributed by atoms with Gasteiger partial charge in [-0.3, -0.25) is 0 Å². The van der Waals surface area contributed by atoms with Crippen LogP contribution in [-0.2, 0) is 0 Å². The molecule has 0 heterocycles. The van der Waals surface area contributed by atoms with E-state index in [0.29, 0.717) is 0 Å². The highest BCUT2D eigenvalue weighted by Gasteiger charge is 2.56. The van der Waals surface area contributed by atoms with E-state index in [0.717, 1.165) is 0 Å². The molecule has 0 aliphatic heterocycles. The Labute approximate surface area is 77.1 Å². The Morgan fingerprint density at radius 2 is 1.00 bits per heavy atom. The Hall–Kier alpha value is -1.07. The van der Waals surface area contributed by atoms with Crippen molar-refractivity contribution >= 4 is 0 Å². The Balaban J connectivity index is 5.07. The summed E-state index contributed by atoms with van der Waals surface area (Å²) in [5.41, 5.74) is 0. The molecule has 0 radical (unpaired) electrons. The lowest BCUT2D eigenvalue weighted by Crippen LogP contribution is -2.35. The number of hydrogen-bond acceptors (Lipinski definition) is 0. The number of rotatable bonds is 0. The molecule has 0 N–H and O–H groups in total. The van der Waals surface area contributed by atoms with E-state index in [1.807, 2.05) is 0 Å². The molecule has 0 aliphatic rings. The fourth-order valence-electron chi connectivity index (χ4n) is 0.503. The summed E-state index contributed by atoms with van der Waals surface area (Å²) in [5, 5.41) is 0. The molecule has 0 aromatic rings. The minimum absolute atomic E-state index is 0.0550. The summed E-state index contributed by atoms with van der Waals surface area (Å²) in [4.78, 5) is 0. The van der Waals surface area contributed by atoms with E-state index in [-0.39, 0.29) is 11.8 Å². The molecule has 88 valence electrons. The summed E-state index contributed by atoms with van der Waals surface area (Å²) in [6, 6.07) is 0. The summed E-state index contributed by atoms with van der Waals surface area (Å²) in [6.45, 7) is 0. The quantitative estimate of drug-likeness (QED) is 0.453. The number of halogens is 9. The normalized spacial score (nSPS) is 13.7. The molecular weight excluding hydrogens is 243 g/mol. The van der Waals surface area contributed by atoms with E-state index in [4.69, 9.17) is 0 Å². The molecule has 0 saturated heterocycles. The van der Waals surface area contributed by atoms with Crippen LogP contribution in [0.3, 0.4) is 0 Å². The Morgan fingerprint density at radius 3 is 1.20 bits per heavy atom. The highest BCUT2D eigenvalue weighted by molar-refractivity contribution is 5.12. The Bertz CT molecular complexity index is 252. The maximum Gasteiger partial charge on any atom is 0.457 e. The second-order valence-corrected chi connectivity index (χ2v) is 2.28. The zero-order valence-corrected chi connectivity index (χ0v) is 6.48. The van der Waals surface area contributed by atoms with Crippen LogP contribution in [0.25, 0.3) is 0 Å². The van der Waals surface area contributed by atoms with Gasteiger partial charge in [-0.2, -0.15) is 39.5 Å². The van der Waals surface area contributed by atoms with Crippen molar-refractivity contribution in [1.82, 2.24) is 0 Å². The van der Waals surface area contributed by atoms with E-state index >= 15 is 0 Å². The van der Waals surface area contributed by atoms with Crippen molar-refractivity contribution in [2.24, 2.45) is 5.92 Å². The molecular formula is C6HF9. The summed E-state index contributed by atoms with van der Waals surface area (Å²) in [7, 11) is 0. The van der Waals surface area contributed by atoms with E-state index < -0.39 is 24.4 Å². The van der Waals surface area contributed by atoms with Crippen LogP contribution in [0.4, 0.5) is 39.5 Å². The first-order valence-corrected chi connectivity index (χ1v) is 3.07. The van der Waals surface area contributed by atoms with Crippen molar-refractivity contribution in [2.45, 2.75) is 18.5 Å². The second-order valence-electron chi connectivity index (χ2n) is 2.28. The molecule has 0 aromatic carbocycles. The van der Waals surface area contributed by atoms with Gasteiger partial charge in [-0.1, -0.05) is 5.92 Å². The average Bonchev–Trinajstić information content (AvgIpc) is 1.75. The predicted octanol–water partition coefficient (Wildman–Crippen LogP) is 3.29. The van der Waals surface area contributed by atoms with Gasteiger partial charge < -0.3 is 0 Å². The largest absolute Gasteiger partial charge is 0.457 e. The van der Waals surface area contributed by atoms with Gasteiger partial charge in [-0.25, -0.2) is 0 Å². The monoisotopic (exact) mass is 244 g/mol. The van der Waals surface area contributed by atoms with E-state index in [9.17, 15) is 39.5 Å². The predicted molar refractivity (Wildman–Crippen MR) is 29.4 cm³/mol. The third-order valence-electron chi connectivity index (χ3n) is 1.01. The van der Waals surface area contributed by atoms with Crippen LogP contribution in [0.2, 0.25) is 0 Å². The smallest absolute Gasteiger partial charge is 0.169 e. The topological polar surface area (TPSA) is 0 Å². The summed E-state index contributed by atoms with van der Waals surface area (Å²) in [5.74, 6) is -4.23. The van der Waals surface area contributed by atoms with Gasteiger partial charge in [-0.15, -0.1) is 0 Å². The van der Waals surface area contributed by atoms with Crippen LogP contribution >= 0.6 is 0 Å². The van der Waals surface area contributed by atoms with Crippen LogP contribution in [0.15, 0.2) is 0 Å². The molecule has 0 atom stereocenters. The molecule has 0 bridgehead atoms. The van der Waals surface area contributed by atoms with Crippen LogP contribution in [-0.4, -0.2) is 18.5 Å². The second kappa shape index (κ2) is 3.83. The van der Waals surface area contributed by atoms with E-state index in [2.05, 4.69) is 0 Å². The average molecular weight is 244 g/mol. The van der Waals surface area contributed by atoms with Gasteiger partial charge in [0.2, 0.25) is 5.92 Å². The molecule has 0 spiro atoms. The lowest BCUT2D eigenvalue weighted by Gasteiger charge is -2.17. The lowest BCUT2D eigenvalue weighted by molar-refractivity contribution is -0.264. The van der Waals surface area contributed by atoms with E-state index in [1.165, 1.54) is 0 Å². The maximum absolute atomic E-state index is 11.6. The van der Waals surface area contributed by atoms with Crippen molar-refractivity contribution in [2.75, 3.05) is 0 Å². The third-order valence-corrected chi connectivity index (χ3v) is 1.01. The molecule has 0 amide bonds. The minimum atomic E-state index is -5.88. The van der Waals surface area contributed by atoms with Gasteiger partial charge in [0.05, 0.1) is 0 Å². The molecule has 0 unspecified atom stereocenters. The van der Waals surface area contributed by atoms with Crippen LogP contribution in [0.1, 0.15) is 0 Å². The molecule has 15 heavy (non-hydrogen) atoms.